The summed E-state index contributed by atoms with van der Waals surface area (Å²) in [6.07, 6.45) is 3.76. The molecule has 1 aliphatic rings. The smallest absolute Gasteiger partial charge is 0.254 e. The molecular formula is C15H16N2O2S. The van der Waals surface area contributed by atoms with E-state index in [4.69, 9.17) is 0 Å². The number of thiophene rings is 1. The quantitative estimate of drug-likeness (QED) is 0.866. The number of pyridine rings is 1. The molecule has 0 unspecified atom stereocenters. The summed E-state index contributed by atoms with van der Waals surface area (Å²) in [6.45, 7) is 0.627. The average molecular weight is 288 g/mol. The van der Waals surface area contributed by atoms with Gasteiger partial charge in [-0.2, -0.15) is 11.3 Å². The molecule has 5 heteroatoms. The molecule has 0 saturated heterocycles. The van der Waals surface area contributed by atoms with Crippen LogP contribution in [0.2, 0.25) is 0 Å². The fraction of sp³-hybridized carbons (Fsp3) is 0.333. The zero-order valence-electron chi connectivity index (χ0n) is 11.3. The second-order valence-electron chi connectivity index (χ2n) is 5.16. The summed E-state index contributed by atoms with van der Waals surface area (Å²) >= 11 is 1.63. The van der Waals surface area contributed by atoms with Gasteiger partial charge < -0.3 is 9.47 Å². The monoisotopic (exact) mass is 288 g/mol. The highest BCUT2D eigenvalue weighted by Crippen LogP contribution is 2.30. The molecule has 4 nitrogen and oxygen atoms in total. The Kier molecular flexibility index (Phi) is 3.44. The van der Waals surface area contributed by atoms with Gasteiger partial charge in [0.1, 0.15) is 0 Å². The van der Waals surface area contributed by atoms with Crippen LogP contribution in [0.1, 0.15) is 28.8 Å². The van der Waals surface area contributed by atoms with Gasteiger partial charge in [-0.25, -0.2) is 0 Å². The van der Waals surface area contributed by atoms with E-state index in [1.807, 2.05) is 16.3 Å². The molecule has 104 valence electrons. The fourth-order valence-electron chi connectivity index (χ4n) is 2.18. The molecular weight excluding hydrogens is 272 g/mol. The molecule has 0 aromatic carbocycles. The zero-order valence-corrected chi connectivity index (χ0v) is 12.1. The van der Waals surface area contributed by atoms with Gasteiger partial charge in [-0.3, -0.25) is 9.59 Å². The van der Waals surface area contributed by atoms with Crippen molar-refractivity contribution in [2.75, 3.05) is 0 Å². The molecule has 2 heterocycles. The lowest BCUT2D eigenvalue weighted by Gasteiger charge is -2.22. The molecule has 0 spiro atoms. The minimum atomic E-state index is -0.151. The number of carbonyl (C=O) groups excluding carboxylic acids is 1. The van der Waals surface area contributed by atoms with E-state index >= 15 is 0 Å². The summed E-state index contributed by atoms with van der Waals surface area (Å²) in [5.41, 5.74) is 1.48. The van der Waals surface area contributed by atoms with Gasteiger partial charge in [0.05, 0.1) is 0 Å². The highest BCUT2D eigenvalue weighted by atomic mass is 32.1. The van der Waals surface area contributed by atoms with Gasteiger partial charge in [-0.05, 0) is 41.3 Å². The molecule has 1 saturated carbocycles. The van der Waals surface area contributed by atoms with Gasteiger partial charge >= 0.3 is 0 Å². The molecule has 2 aromatic heterocycles. The number of nitrogens with zero attached hydrogens (tertiary/aromatic N) is 2. The second kappa shape index (κ2) is 5.25. The lowest BCUT2D eigenvalue weighted by molar-refractivity contribution is 0.0730. The standard InChI is InChI=1S/C15H16N2O2S/c1-16-6-4-12(8-14(16)18)15(19)17(13-2-3-13)9-11-5-7-20-10-11/h4-8,10,13H,2-3,9H2,1H3. The Bertz CT molecular complexity index is 671. The minimum absolute atomic E-state index is 0.0450. The predicted molar refractivity (Wildman–Crippen MR) is 78.9 cm³/mol. The van der Waals surface area contributed by atoms with Gasteiger partial charge in [0.15, 0.2) is 0 Å². The van der Waals surface area contributed by atoms with Gasteiger partial charge in [-0.15, -0.1) is 0 Å². The Morgan fingerprint density at radius 2 is 2.25 bits per heavy atom. The van der Waals surface area contributed by atoms with Crippen molar-refractivity contribution in [1.82, 2.24) is 9.47 Å². The van der Waals surface area contributed by atoms with Crippen molar-refractivity contribution in [2.24, 2.45) is 7.05 Å². The van der Waals surface area contributed by atoms with Gasteiger partial charge in [-0.1, -0.05) is 0 Å². The topological polar surface area (TPSA) is 42.3 Å². The SMILES string of the molecule is Cn1ccc(C(=O)N(Cc2ccsc2)C2CC2)cc1=O. The number of rotatable bonds is 4. The van der Waals surface area contributed by atoms with Crippen LogP contribution in [0, 0.1) is 0 Å². The van der Waals surface area contributed by atoms with Crippen molar-refractivity contribution in [1.29, 1.82) is 0 Å². The largest absolute Gasteiger partial charge is 0.331 e. The lowest BCUT2D eigenvalue weighted by atomic mass is 10.2. The molecule has 0 bridgehead atoms. The van der Waals surface area contributed by atoms with Crippen LogP contribution in [0.15, 0.2) is 40.0 Å². The summed E-state index contributed by atoms with van der Waals surface area (Å²) in [6, 6.07) is 5.50. The van der Waals surface area contributed by atoms with E-state index in [2.05, 4.69) is 5.38 Å². The summed E-state index contributed by atoms with van der Waals surface area (Å²) in [5.74, 6) is -0.0450. The maximum Gasteiger partial charge on any atom is 0.254 e. The van der Waals surface area contributed by atoms with Crippen LogP contribution >= 0.6 is 11.3 Å². The first kappa shape index (κ1) is 13.1. The summed E-state index contributed by atoms with van der Waals surface area (Å²) in [5, 5.41) is 4.08. The molecule has 2 aromatic rings. The summed E-state index contributed by atoms with van der Waals surface area (Å²) in [4.78, 5) is 26.1. The number of aryl methyl sites for hydroxylation is 1. The van der Waals surface area contributed by atoms with E-state index in [-0.39, 0.29) is 11.5 Å². The van der Waals surface area contributed by atoms with Gasteiger partial charge in [0.2, 0.25) is 0 Å². The third-order valence-corrected chi connectivity index (χ3v) is 4.26. The van der Waals surface area contributed by atoms with Gasteiger partial charge in [0.25, 0.3) is 11.5 Å². The van der Waals surface area contributed by atoms with Crippen LogP contribution in [0.5, 0.6) is 0 Å². The highest BCUT2D eigenvalue weighted by molar-refractivity contribution is 7.07. The molecule has 1 fully saturated rings. The Labute approximate surface area is 121 Å². The van der Waals surface area contributed by atoms with Crippen LogP contribution in [0.4, 0.5) is 0 Å². The molecule has 0 aliphatic heterocycles. The van der Waals surface area contributed by atoms with E-state index in [9.17, 15) is 9.59 Å². The van der Waals surface area contributed by atoms with Crippen molar-refractivity contribution in [2.45, 2.75) is 25.4 Å². The molecule has 1 aliphatic carbocycles. The van der Waals surface area contributed by atoms with E-state index in [1.165, 1.54) is 10.6 Å². The van der Waals surface area contributed by atoms with E-state index in [0.717, 1.165) is 18.4 Å². The van der Waals surface area contributed by atoms with E-state index in [0.29, 0.717) is 18.2 Å². The average Bonchev–Trinajstić information content (AvgIpc) is 3.15. The first-order valence-electron chi connectivity index (χ1n) is 6.64. The Balaban J connectivity index is 1.85. The summed E-state index contributed by atoms with van der Waals surface area (Å²) < 4.78 is 1.47. The first-order chi connectivity index (χ1) is 9.65. The molecule has 0 radical (unpaired) electrons. The number of aromatic nitrogens is 1. The highest BCUT2D eigenvalue weighted by Gasteiger charge is 2.33. The van der Waals surface area contributed by atoms with Crippen molar-refractivity contribution in [3.63, 3.8) is 0 Å². The number of amides is 1. The zero-order chi connectivity index (χ0) is 14.1. The Hall–Kier alpha value is -1.88. The van der Waals surface area contributed by atoms with Crippen LogP contribution in [0.3, 0.4) is 0 Å². The second-order valence-corrected chi connectivity index (χ2v) is 5.94. The maximum atomic E-state index is 12.6. The predicted octanol–water partition coefficient (Wildman–Crippen LogP) is 2.25. The van der Waals surface area contributed by atoms with Crippen LogP contribution in [-0.4, -0.2) is 21.4 Å². The third-order valence-electron chi connectivity index (χ3n) is 3.53. The number of carbonyl (C=O) groups is 1. The molecule has 20 heavy (non-hydrogen) atoms. The minimum Gasteiger partial charge on any atom is -0.331 e. The van der Waals surface area contributed by atoms with E-state index in [1.54, 1.807) is 30.6 Å². The fourth-order valence-corrected chi connectivity index (χ4v) is 2.84. The maximum absolute atomic E-state index is 12.6. The third kappa shape index (κ3) is 2.67. The first-order valence-corrected chi connectivity index (χ1v) is 7.58. The number of hydrogen-bond donors (Lipinski definition) is 0. The molecule has 0 N–H and O–H groups in total. The number of hydrogen-bond acceptors (Lipinski definition) is 3. The van der Waals surface area contributed by atoms with Crippen LogP contribution in [-0.2, 0) is 13.6 Å². The molecule has 3 rings (SSSR count). The van der Waals surface area contributed by atoms with Crippen molar-refractivity contribution in [3.05, 3.63) is 56.6 Å². The molecule has 1 amide bonds. The van der Waals surface area contributed by atoms with Crippen LogP contribution < -0.4 is 5.56 Å². The van der Waals surface area contributed by atoms with Crippen molar-refractivity contribution in [3.8, 4) is 0 Å². The van der Waals surface area contributed by atoms with E-state index < -0.39 is 0 Å². The molecule has 0 atom stereocenters. The Morgan fingerprint density at radius 3 is 2.85 bits per heavy atom. The van der Waals surface area contributed by atoms with Crippen molar-refractivity contribution < 1.29 is 4.79 Å². The normalized spacial score (nSPS) is 14.2. The van der Waals surface area contributed by atoms with Crippen LogP contribution in [0.25, 0.3) is 0 Å². The summed E-state index contributed by atoms with van der Waals surface area (Å²) in [7, 11) is 1.68. The van der Waals surface area contributed by atoms with Gasteiger partial charge in [0, 0.05) is 37.5 Å². The van der Waals surface area contributed by atoms with Crippen molar-refractivity contribution >= 4 is 17.2 Å². The Morgan fingerprint density at radius 1 is 1.45 bits per heavy atom. The lowest BCUT2D eigenvalue weighted by Crippen LogP contribution is -2.33.